The van der Waals surface area contributed by atoms with Gasteiger partial charge in [0.05, 0.1) is 5.69 Å². The fraction of sp³-hybridized carbons (Fsp3) is 0. The maximum atomic E-state index is 13.1. The molecule has 3 heterocycles. The first-order valence-electron chi connectivity index (χ1n) is 7.55. The summed E-state index contributed by atoms with van der Waals surface area (Å²) in [4.78, 5) is 22.8. The van der Waals surface area contributed by atoms with Gasteiger partial charge in [0, 0.05) is 22.8 Å². The van der Waals surface area contributed by atoms with Gasteiger partial charge in [-0.25, -0.2) is 19.2 Å². The number of hydrogen-bond acceptors (Lipinski definition) is 3. The van der Waals surface area contributed by atoms with E-state index in [4.69, 9.17) is 5.11 Å². The molecular weight excluding hydrogens is 321 g/mol. The summed E-state index contributed by atoms with van der Waals surface area (Å²) >= 11 is 0. The zero-order valence-corrected chi connectivity index (χ0v) is 12.9. The minimum absolute atomic E-state index is 0.0151. The zero-order chi connectivity index (χ0) is 17.4. The van der Waals surface area contributed by atoms with E-state index in [-0.39, 0.29) is 11.5 Å². The Balaban J connectivity index is 1.77. The van der Waals surface area contributed by atoms with Gasteiger partial charge in [0.25, 0.3) is 0 Å². The Morgan fingerprint density at radius 3 is 2.60 bits per heavy atom. The van der Waals surface area contributed by atoms with E-state index in [9.17, 15) is 9.18 Å². The molecule has 6 heteroatoms. The Bertz CT molecular complexity index is 1090. The normalized spacial score (nSPS) is 10.9. The number of H-pyrrole nitrogens is 1. The van der Waals surface area contributed by atoms with Crippen LogP contribution in [0.5, 0.6) is 0 Å². The average Bonchev–Trinajstić information content (AvgIpc) is 3.05. The molecule has 0 unspecified atom stereocenters. The summed E-state index contributed by atoms with van der Waals surface area (Å²) in [6, 6.07) is 14.8. The van der Waals surface area contributed by atoms with Gasteiger partial charge < -0.3 is 10.1 Å². The van der Waals surface area contributed by atoms with Crippen LogP contribution in [-0.4, -0.2) is 26.0 Å². The van der Waals surface area contributed by atoms with Gasteiger partial charge >= 0.3 is 5.97 Å². The summed E-state index contributed by atoms with van der Waals surface area (Å²) in [6.45, 7) is 0. The van der Waals surface area contributed by atoms with E-state index in [1.165, 1.54) is 18.2 Å². The number of hydrogen-bond donors (Lipinski definition) is 2. The summed E-state index contributed by atoms with van der Waals surface area (Å²) in [5, 5.41) is 9.93. The fourth-order valence-corrected chi connectivity index (χ4v) is 2.66. The number of rotatable bonds is 3. The topological polar surface area (TPSA) is 78.9 Å². The Labute approximate surface area is 141 Å². The maximum Gasteiger partial charge on any atom is 0.354 e. The standard InChI is InChI=1S/C19H12FN3O2/c20-14-6-4-11(5-7-14)17-9-12-8-13(10-21-18(12)23-17)15-2-1-3-16(22-15)19(24)25/h1-10H,(H,21,23)(H,24,25). The molecule has 1 aromatic carbocycles. The number of aromatic nitrogens is 3. The average molecular weight is 333 g/mol. The second-order valence-corrected chi connectivity index (χ2v) is 5.56. The minimum Gasteiger partial charge on any atom is -0.477 e. The molecule has 0 saturated carbocycles. The third kappa shape index (κ3) is 2.85. The highest BCUT2D eigenvalue weighted by Crippen LogP contribution is 2.26. The largest absolute Gasteiger partial charge is 0.477 e. The molecule has 0 bridgehead atoms. The van der Waals surface area contributed by atoms with Gasteiger partial charge in [0.15, 0.2) is 0 Å². The van der Waals surface area contributed by atoms with Gasteiger partial charge in [-0.2, -0.15) is 0 Å². The molecule has 0 atom stereocenters. The van der Waals surface area contributed by atoms with Crippen molar-refractivity contribution in [2.45, 2.75) is 0 Å². The van der Waals surface area contributed by atoms with Crippen molar-refractivity contribution in [3.8, 4) is 22.5 Å². The summed E-state index contributed by atoms with van der Waals surface area (Å²) in [6.07, 6.45) is 1.64. The molecule has 0 spiro atoms. The van der Waals surface area contributed by atoms with Crippen molar-refractivity contribution in [2.75, 3.05) is 0 Å². The number of aromatic amines is 1. The van der Waals surface area contributed by atoms with Gasteiger partial charge in [0.2, 0.25) is 0 Å². The smallest absolute Gasteiger partial charge is 0.354 e. The van der Waals surface area contributed by atoms with E-state index in [1.54, 1.807) is 30.5 Å². The van der Waals surface area contributed by atoms with Crippen LogP contribution in [0.3, 0.4) is 0 Å². The van der Waals surface area contributed by atoms with Crippen molar-refractivity contribution < 1.29 is 14.3 Å². The molecular formula is C19H12FN3O2. The molecule has 3 aromatic heterocycles. The quantitative estimate of drug-likeness (QED) is 0.591. The second-order valence-electron chi connectivity index (χ2n) is 5.56. The van der Waals surface area contributed by atoms with Crippen molar-refractivity contribution in [3.05, 3.63) is 72.3 Å². The number of halogens is 1. The number of aromatic carboxylic acids is 1. The van der Waals surface area contributed by atoms with Crippen LogP contribution in [0.25, 0.3) is 33.5 Å². The van der Waals surface area contributed by atoms with Gasteiger partial charge in [0.1, 0.15) is 17.2 Å². The highest BCUT2D eigenvalue weighted by molar-refractivity contribution is 5.88. The van der Waals surface area contributed by atoms with Crippen molar-refractivity contribution in [2.24, 2.45) is 0 Å². The van der Waals surface area contributed by atoms with E-state index in [1.807, 2.05) is 12.1 Å². The molecule has 4 aromatic rings. The number of nitrogens with zero attached hydrogens (tertiary/aromatic N) is 2. The van der Waals surface area contributed by atoms with Crippen LogP contribution < -0.4 is 0 Å². The predicted molar refractivity (Wildman–Crippen MR) is 91.7 cm³/mol. The molecule has 5 nitrogen and oxygen atoms in total. The third-order valence-electron chi connectivity index (χ3n) is 3.89. The Morgan fingerprint density at radius 2 is 1.84 bits per heavy atom. The van der Waals surface area contributed by atoms with Crippen LogP contribution in [0.2, 0.25) is 0 Å². The third-order valence-corrected chi connectivity index (χ3v) is 3.89. The van der Waals surface area contributed by atoms with Crippen LogP contribution in [0, 0.1) is 5.82 Å². The number of benzene rings is 1. The van der Waals surface area contributed by atoms with Gasteiger partial charge in [-0.05, 0) is 54.1 Å². The van der Waals surface area contributed by atoms with Crippen molar-refractivity contribution >= 4 is 17.0 Å². The molecule has 0 saturated heterocycles. The van der Waals surface area contributed by atoms with E-state index >= 15 is 0 Å². The molecule has 25 heavy (non-hydrogen) atoms. The highest BCUT2D eigenvalue weighted by Gasteiger charge is 2.10. The molecule has 0 fully saturated rings. The maximum absolute atomic E-state index is 13.1. The molecule has 0 aliphatic heterocycles. The molecule has 0 radical (unpaired) electrons. The Kier molecular flexibility index (Phi) is 3.50. The van der Waals surface area contributed by atoms with E-state index in [2.05, 4.69) is 15.0 Å². The number of nitrogens with one attached hydrogen (secondary N) is 1. The summed E-state index contributed by atoms with van der Waals surface area (Å²) in [7, 11) is 0. The lowest BCUT2D eigenvalue weighted by molar-refractivity contribution is 0.0690. The van der Waals surface area contributed by atoms with Gasteiger partial charge in [-0.1, -0.05) is 6.07 Å². The van der Waals surface area contributed by atoms with Crippen LogP contribution in [0.15, 0.2) is 60.8 Å². The Morgan fingerprint density at radius 1 is 1.04 bits per heavy atom. The number of carboxylic acids is 1. The monoisotopic (exact) mass is 333 g/mol. The summed E-state index contributed by atoms with van der Waals surface area (Å²) in [5.41, 5.74) is 3.62. The number of carbonyl (C=O) groups is 1. The van der Waals surface area contributed by atoms with Crippen LogP contribution in [0.1, 0.15) is 10.5 Å². The molecule has 0 aliphatic rings. The summed E-state index contributed by atoms with van der Waals surface area (Å²) in [5.74, 6) is -1.36. The first-order valence-corrected chi connectivity index (χ1v) is 7.55. The van der Waals surface area contributed by atoms with Crippen LogP contribution in [-0.2, 0) is 0 Å². The van der Waals surface area contributed by atoms with E-state index < -0.39 is 5.97 Å². The zero-order valence-electron chi connectivity index (χ0n) is 12.9. The van der Waals surface area contributed by atoms with Gasteiger partial charge in [-0.3, -0.25) is 0 Å². The molecule has 0 aliphatic carbocycles. The second kappa shape index (κ2) is 5.83. The van der Waals surface area contributed by atoms with Crippen molar-refractivity contribution in [1.29, 1.82) is 0 Å². The first kappa shape index (κ1) is 15.0. The van der Waals surface area contributed by atoms with E-state index in [0.717, 1.165) is 22.2 Å². The molecule has 122 valence electrons. The lowest BCUT2D eigenvalue weighted by atomic mass is 10.1. The fourth-order valence-electron chi connectivity index (χ4n) is 2.66. The summed E-state index contributed by atoms with van der Waals surface area (Å²) < 4.78 is 13.1. The Hall–Kier alpha value is -3.54. The van der Waals surface area contributed by atoms with E-state index in [0.29, 0.717) is 11.3 Å². The lowest BCUT2D eigenvalue weighted by Gasteiger charge is -2.01. The van der Waals surface area contributed by atoms with Crippen LogP contribution >= 0.6 is 0 Å². The van der Waals surface area contributed by atoms with Crippen molar-refractivity contribution in [3.63, 3.8) is 0 Å². The van der Waals surface area contributed by atoms with Crippen LogP contribution in [0.4, 0.5) is 4.39 Å². The minimum atomic E-state index is -1.07. The first-order chi connectivity index (χ1) is 12.1. The molecule has 0 amide bonds. The number of carboxylic acid groups (broad SMARTS) is 1. The number of pyridine rings is 2. The predicted octanol–water partition coefficient (Wildman–Crippen LogP) is 4.13. The molecule has 4 rings (SSSR count). The highest BCUT2D eigenvalue weighted by atomic mass is 19.1. The van der Waals surface area contributed by atoms with Gasteiger partial charge in [-0.15, -0.1) is 0 Å². The number of fused-ring (bicyclic) bond motifs is 1. The lowest BCUT2D eigenvalue weighted by Crippen LogP contribution is -2.00. The van der Waals surface area contributed by atoms with Crippen molar-refractivity contribution in [1.82, 2.24) is 15.0 Å². The SMILES string of the molecule is O=C(O)c1cccc(-c2cnc3[nH]c(-c4ccc(F)cc4)cc3c2)n1. The molecule has 2 N–H and O–H groups in total.